The third kappa shape index (κ3) is 1.90. The van der Waals surface area contributed by atoms with Gasteiger partial charge in [0.15, 0.2) is 0 Å². The average molecular weight is 220 g/mol. The molecule has 3 nitrogen and oxygen atoms in total. The van der Waals surface area contributed by atoms with Gasteiger partial charge in [-0.1, -0.05) is 19.4 Å². The third-order valence-electron chi connectivity index (χ3n) is 2.44. The van der Waals surface area contributed by atoms with Crippen molar-refractivity contribution in [2.45, 2.75) is 26.2 Å². The van der Waals surface area contributed by atoms with Gasteiger partial charge in [-0.15, -0.1) is 16.2 Å². The van der Waals surface area contributed by atoms with Gasteiger partial charge in [-0.25, -0.2) is 4.98 Å². The smallest absolute Gasteiger partial charge is 0.127 e. The molecule has 0 saturated carbocycles. The van der Waals surface area contributed by atoms with Gasteiger partial charge in [0.1, 0.15) is 5.69 Å². The average Bonchev–Trinajstić information content (AvgIpc) is 2.74. The zero-order chi connectivity index (χ0) is 10.7. The number of aryl methyl sites for hydroxylation is 1. The highest BCUT2D eigenvalue weighted by atomic mass is 32.1. The summed E-state index contributed by atoms with van der Waals surface area (Å²) >= 11 is 1.48. The van der Waals surface area contributed by atoms with E-state index in [-0.39, 0.29) is 0 Å². The molecule has 0 saturated heterocycles. The van der Waals surface area contributed by atoms with Crippen LogP contribution in [-0.2, 0) is 6.42 Å². The molecular formula is C11H12N2OS. The van der Waals surface area contributed by atoms with Crippen LogP contribution in [0.25, 0.3) is 10.2 Å². The Morgan fingerprint density at radius 1 is 1.47 bits per heavy atom. The van der Waals surface area contributed by atoms with Gasteiger partial charge in [-0.3, -0.25) is 0 Å². The van der Waals surface area contributed by atoms with Crippen molar-refractivity contribution in [3.63, 3.8) is 0 Å². The van der Waals surface area contributed by atoms with Crippen LogP contribution in [0.4, 0.5) is 5.69 Å². The van der Waals surface area contributed by atoms with Crippen molar-refractivity contribution in [3.8, 4) is 0 Å². The first-order valence-electron chi connectivity index (χ1n) is 5.05. The summed E-state index contributed by atoms with van der Waals surface area (Å²) < 4.78 is 0.915. The molecule has 78 valence electrons. The van der Waals surface area contributed by atoms with E-state index in [1.54, 1.807) is 11.6 Å². The van der Waals surface area contributed by atoms with Crippen molar-refractivity contribution in [3.05, 3.63) is 28.1 Å². The van der Waals surface area contributed by atoms with Crippen molar-refractivity contribution in [2.75, 3.05) is 0 Å². The van der Waals surface area contributed by atoms with Crippen molar-refractivity contribution in [1.29, 1.82) is 0 Å². The normalized spacial score (nSPS) is 10.7. The highest BCUT2D eigenvalue weighted by Crippen LogP contribution is 2.31. The van der Waals surface area contributed by atoms with Gasteiger partial charge in [0.25, 0.3) is 0 Å². The Hall–Kier alpha value is -1.29. The van der Waals surface area contributed by atoms with Gasteiger partial charge < -0.3 is 0 Å². The molecule has 4 heteroatoms. The molecule has 1 aromatic heterocycles. The first-order valence-corrected chi connectivity index (χ1v) is 5.93. The van der Waals surface area contributed by atoms with Crippen LogP contribution >= 0.6 is 11.3 Å². The van der Waals surface area contributed by atoms with E-state index in [4.69, 9.17) is 0 Å². The summed E-state index contributed by atoms with van der Waals surface area (Å²) in [5, 5.41) is 3.01. The fraction of sp³-hybridized carbons (Fsp3) is 0.364. The number of nitroso groups, excluding NO2 is 1. The molecule has 0 spiro atoms. The maximum atomic E-state index is 10.6. The molecule has 0 amide bonds. The van der Waals surface area contributed by atoms with Crippen LogP contribution in [0.5, 0.6) is 0 Å². The molecule has 0 aliphatic heterocycles. The lowest BCUT2D eigenvalue weighted by Gasteiger charge is -2.01. The Morgan fingerprint density at radius 2 is 2.33 bits per heavy atom. The number of aromatic nitrogens is 1. The van der Waals surface area contributed by atoms with Crippen LogP contribution in [0.3, 0.4) is 0 Å². The summed E-state index contributed by atoms with van der Waals surface area (Å²) in [5.41, 5.74) is 4.45. The highest BCUT2D eigenvalue weighted by molar-refractivity contribution is 7.17. The van der Waals surface area contributed by atoms with Crippen LogP contribution in [0.1, 0.15) is 25.3 Å². The summed E-state index contributed by atoms with van der Waals surface area (Å²) in [5.74, 6) is 0. The van der Waals surface area contributed by atoms with E-state index < -0.39 is 0 Å². The summed E-state index contributed by atoms with van der Waals surface area (Å²) in [6.45, 7) is 2.17. The minimum absolute atomic E-state index is 0.507. The van der Waals surface area contributed by atoms with Gasteiger partial charge in [-0.2, -0.15) is 0 Å². The molecule has 2 rings (SSSR count). The van der Waals surface area contributed by atoms with Gasteiger partial charge in [-0.05, 0) is 29.6 Å². The minimum Gasteiger partial charge on any atom is -0.244 e. The van der Waals surface area contributed by atoms with E-state index >= 15 is 0 Å². The predicted molar refractivity (Wildman–Crippen MR) is 63.7 cm³/mol. The van der Waals surface area contributed by atoms with E-state index in [0.717, 1.165) is 23.1 Å². The minimum atomic E-state index is 0.507. The fourth-order valence-electron chi connectivity index (χ4n) is 1.63. The van der Waals surface area contributed by atoms with Gasteiger partial charge >= 0.3 is 0 Å². The van der Waals surface area contributed by atoms with E-state index in [2.05, 4.69) is 17.1 Å². The maximum Gasteiger partial charge on any atom is 0.127 e. The summed E-state index contributed by atoms with van der Waals surface area (Å²) in [6, 6.07) is 3.76. The van der Waals surface area contributed by atoms with Gasteiger partial charge in [0, 0.05) is 0 Å². The molecule has 2 aromatic rings. The van der Waals surface area contributed by atoms with Crippen LogP contribution in [0, 0.1) is 4.91 Å². The lowest BCUT2D eigenvalue weighted by Crippen LogP contribution is -1.86. The zero-order valence-electron chi connectivity index (χ0n) is 8.56. The molecule has 0 atom stereocenters. The van der Waals surface area contributed by atoms with Crippen LogP contribution in [0.2, 0.25) is 0 Å². The maximum absolute atomic E-state index is 10.6. The van der Waals surface area contributed by atoms with E-state index in [1.165, 1.54) is 23.3 Å². The molecule has 15 heavy (non-hydrogen) atoms. The SMILES string of the molecule is CCCCc1ccc(N=O)c2scnc12. The Kier molecular flexibility index (Phi) is 3.06. The molecule has 0 fully saturated rings. The number of nitrogens with zero attached hydrogens (tertiary/aromatic N) is 2. The van der Waals surface area contributed by atoms with E-state index in [9.17, 15) is 4.91 Å². The lowest BCUT2D eigenvalue weighted by atomic mass is 10.1. The second-order valence-corrected chi connectivity index (χ2v) is 4.32. The van der Waals surface area contributed by atoms with Gasteiger partial charge in [0.05, 0.1) is 15.7 Å². The van der Waals surface area contributed by atoms with Crippen molar-refractivity contribution in [2.24, 2.45) is 5.18 Å². The van der Waals surface area contributed by atoms with Crippen molar-refractivity contribution >= 4 is 27.2 Å². The first kappa shape index (κ1) is 10.2. The number of fused-ring (bicyclic) bond motifs is 1. The molecule has 0 N–H and O–H groups in total. The number of thiazole rings is 1. The van der Waals surface area contributed by atoms with Crippen LogP contribution < -0.4 is 0 Å². The second kappa shape index (κ2) is 4.49. The monoisotopic (exact) mass is 220 g/mol. The zero-order valence-corrected chi connectivity index (χ0v) is 9.38. The van der Waals surface area contributed by atoms with Gasteiger partial charge in [0.2, 0.25) is 0 Å². The molecule has 1 heterocycles. The predicted octanol–water partition coefficient (Wildman–Crippen LogP) is 4.04. The Morgan fingerprint density at radius 3 is 3.07 bits per heavy atom. The standard InChI is InChI=1S/C11H12N2OS/c1-2-3-4-8-5-6-9(13-14)11-10(8)12-7-15-11/h5-7H,2-4H2,1H3. The molecule has 0 radical (unpaired) electrons. The third-order valence-corrected chi connectivity index (χ3v) is 3.29. The lowest BCUT2D eigenvalue weighted by molar-refractivity contribution is 0.798. The largest absolute Gasteiger partial charge is 0.244 e. The number of unbranched alkanes of at least 4 members (excludes halogenated alkanes) is 1. The van der Waals surface area contributed by atoms with E-state index in [0.29, 0.717) is 5.69 Å². The molecule has 1 aromatic carbocycles. The summed E-state index contributed by atoms with van der Waals surface area (Å²) in [4.78, 5) is 14.9. The first-order chi connectivity index (χ1) is 7.36. The van der Waals surface area contributed by atoms with E-state index in [1.807, 2.05) is 6.07 Å². The van der Waals surface area contributed by atoms with Crippen molar-refractivity contribution in [1.82, 2.24) is 4.98 Å². The Balaban J connectivity index is 2.48. The van der Waals surface area contributed by atoms with Crippen LogP contribution in [-0.4, -0.2) is 4.98 Å². The molecule has 0 unspecified atom stereocenters. The fourth-order valence-corrected chi connectivity index (χ4v) is 2.42. The molecule has 0 bridgehead atoms. The molecular weight excluding hydrogens is 208 g/mol. The molecule has 0 aliphatic rings. The number of hydrogen-bond acceptors (Lipinski definition) is 4. The highest BCUT2D eigenvalue weighted by Gasteiger charge is 2.08. The number of hydrogen-bond donors (Lipinski definition) is 0. The van der Waals surface area contributed by atoms with Crippen molar-refractivity contribution < 1.29 is 0 Å². The second-order valence-electron chi connectivity index (χ2n) is 3.47. The summed E-state index contributed by atoms with van der Waals surface area (Å²) in [6.07, 6.45) is 3.34. The topological polar surface area (TPSA) is 42.3 Å². The molecule has 0 aliphatic carbocycles. The van der Waals surface area contributed by atoms with Crippen LogP contribution in [0.15, 0.2) is 22.8 Å². The Bertz CT molecular complexity index is 478. The number of rotatable bonds is 4. The summed E-state index contributed by atoms with van der Waals surface area (Å²) in [7, 11) is 0. The number of benzene rings is 1. The quantitative estimate of drug-likeness (QED) is 0.730. The Labute approximate surface area is 92.1 Å².